The number of nitroso groups, excluding NO2 is 1. The number of Topliss-reactive ketones (excluding diaryl/α,β-unsaturated/α-hetero) is 1. The number of nitrogens with zero attached hydrogens (tertiary/aromatic N) is 5. The average Bonchev–Trinajstić information content (AvgIpc) is 3.04. The van der Waals surface area contributed by atoms with Crippen LogP contribution in [0.3, 0.4) is 0 Å². The zero-order chi connectivity index (χ0) is 17.4. The van der Waals surface area contributed by atoms with Crippen molar-refractivity contribution >= 4 is 30.0 Å². The first kappa shape index (κ1) is 16.8. The summed E-state index contributed by atoms with van der Waals surface area (Å²) in [6, 6.07) is -0.245. The maximum atomic E-state index is 12.9. The summed E-state index contributed by atoms with van der Waals surface area (Å²) in [4.78, 5) is 38.9. The van der Waals surface area contributed by atoms with Crippen molar-refractivity contribution in [2.24, 2.45) is 15.9 Å². The molecule has 0 aromatic carbocycles. The lowest BCUT2D eigenvalue weighted by molar-refractivity contribution is -0.524. The summed E-state index contributed by atoms with van der Waals surface area (Å²) in [5.41, 5.74) is 1.45. The molecule has 4 rings (SSSR count). The van der Waals surface area contributed by atoms with Gasteiger partial charge in [0.2, 0.25) is 0 Å². The highest BCUT2D eigenvalue weighted by Gasteiger charge is 2.42. The third-order valence-corrected chi connectivity index (χ3v) is 6.13. The highest BCUT2D eigenvalue weighted by atomic mass is 32.2. The molecule has 0 radical (unpaired) electrons. The molecule has 2 atom stereocenters. The number of rotatable bonds is 3. The Kier molecular flexibility index (Phi) is 4.66. The standard InChI is InChI=1S/C17H22N5O2S/c1-20-4-6-21(7-5-20)9-15(23)13-2-3-18-17-16(13)19-8-12-10-25-11-14(12)22(17)24/h3,8,10,13-14H,2,4-7,9,11H2,1H3/q+1. The summed E-state index contributed by atoms with van der Waals surface area (Å²) >= 11 is 1.62. The van der Waals surface area contributed by atoms with E-state index in [0.717, 1.165) is 36.5 Å². The third-order valence-electron chi connectivity index (χ3n) is 5.18. The molecule has 0 aromatic heterocycles. The topological polar surface area (TPSA) is 68.3 Å². The molecule has 1 fully saturated rings. The molecule has 0 aliphatic carbocycles. The maximum Gasteiger partial charge on any atom is 0.383 e. The average molecular weight is 360 g/mol. The number of likely N-dealkylation sites (N-methyl/N-ethyl adjacent to an activating group) is 1. The van der Waals surface area contributed by atoms with E-state index < -0.39 is 0 Å². The quantitative estimate of drug-likeness (QED) is 0.700. The minimum absolute atomic E-state index is 0.129. The Bertz CT molecular complexity index is 719. The van der Waals surface area contributed by atoms with Gasteiger partial charge in [0.05, 0.1) is 12.5 Å². The van der Waals surface area contributed by atoms with Gasteiger partial charge in [-0.3, -0.25) is 14.7 Å². The number of aliphatic imine (C=N–C) groups is 2. The number of hydrogen-bond acceptors (Lipinski definition) is 7. The number of carbonyl (C=O) groups excluding carboxylic acids is 1. The highest BCUT2D eigenvalue weighted by molar-refractivity contribution is 8.02. The van der Waals surface area contributed by atoms with Crippen molar-refractivity contribution < 1.29 is 9.55 Å². The molecule has 2 unspecified atom stereocenters. The van der Waals surface area contributed by atoms with Crippen LogP contribution in [-0.4, -0.2) is 84.3 Å². The molecule has 8 heteroatoms. The van der Waals surface area contributed by atoms with Crippen LogP contribution < -0.4 is 0 Å². The van der Waals surface area contributed by atoms with Crippen molar-refractivity contribution in [2.45, 2.75) is 12.5 Å². The predicted molar refractivity (Wildman–Crippen MR) is 99.0 cm³/mol. The van der Waals surface area contributed by atoms with Crippen LogP contribution in [0, 0.1) is 10.8 Å². The van der Waals surface area contributed by atoms with Gasteiger partial charge >= 0.3 is 5.82 Å². The van der Waals surface area contributed by atoms with E-state index in [0.29, 0.717) is 30.2 Å². The van der Waals surface area contributed by atoms with E-state index in [9.17, 15) is 9.70 Å². The minimum Gasteiger partial charge on any atom is -0.304 e. The number of piperazine rings is 1. The fraction of sp³-hybridized carbons (Fsp3) is 0.588. The van der Waals surface area contributed by atoms with Crippen molar-refractivity contribution in [1.82, 2.24) is 9.80 Å². The summed E-state index contributed by atoms with van der Waals surface area (Å²) in [7, 11) is 2.10. The molecular weight excluding hydrogens is 338 g/mol. The van der Waals surface area contributed by atoms with E-state index in [2.05, 4.69) is 26.8 Å². The number of carbonyl (C=O) groups is 1. The number of allylic oxidation sites excluding steroid dienone is 1. The maximum absolute atomic E-state index is 12.9. The Morgan fingerprint density at radius 1 is 1.32 bits per heavy atom. The van der Waals surface area contributed by atoms with Crippen molar-refractivity contribution in [1.29, 1.82) is 0 Å². The molecule has 0 saturated carbocycles. The molecule has 0 amide bonds. The molecule has 7 nitrogen and oxygen atoms in total. The van der Waals surface area contributed by atoms with Gasteiger partial charge in [-0.05, 0) is 22.2 Å². The van der Waals surface area contributed by atoms with E-state index in [1.807, 2.05) is 5.41 Å². The van der Waals surface area contributed by atoms with Crippen LogP contribution in [-0.2, 0) is 4.79 Å². The second-order valence-electron chi connectivity index (χ2n) is 6.91. The Labute approximate surface area is 151 Å². The molecule has 0 N–H and O–H groups in total. The van der Waals surface area contributed by atoms with Gasteiger partial charge < -0.3 is 4.90 Å². The summed E-state index contributed by atoms with van der Waals surface area (Å²) < 4.78 is 0.944. The van der Waals surface area contributed by atoms with E-state index in [1.165, 1.54) is 0 Å². The van der Waals surface area contributed by atoms with Crippen LogP contribution in [0.25, 0.3) is 0 Å². The van der Waals surface area contributed by atoms with Gasteiger partial charge in [0.1, 0.15) is 11.9 Å². The first-order valence-corrected chi connectivity index (χ1v) is 9.71. The SMILES string of the molecule is CN1CCN(CC(=O)C2CC=NC3=C2N=CC2=CSCC2[N+]3=O)CC1. The zero-order valence-corrected chi connectivity index (χ0v) is 15.1. The Morgan fingerprint density at radius 2 is 2.12 bits per heavy atom. The normalized spacial score (nSPS) is 30.1. The van der Waals surface area contributed by atoms with E-state index in [1.54, 1.807) is 24.2 Å². The lowest BCUT2D eigenvalue weighted by Crippen LogP contribution is -2.47. The Morgan fingerprint density at radius 3 is 2.92 bits per heavy atom. The molecule has 4 aliphatic heterocycles. The second-order valence-corrected chi connectivity index (χ2v) is 7.81. The van der Waals surface area contributed by atoms with Crippen LogP contribution in [0.1, 0.15) is 6.42 Å². The van der Waals surface area contributed by atoms with E-state index in [-0.39, 0.29) is 17.7 Å². The van der Waals surface area contributed by atoms with Crippen LogP contribution >= 0.6 is 11.8 Å². The predicted octanol–water partition coefficient (Wildman–Crippen LogP) is 0.925. The monoisotopic (exact) mass is 360 g/mol. The molecule has 0 spiro atoms. The van der Waals surface area contributed by atoms with Crippen LogP contribution in [0.4, 0.5) is 0 Å². The van der Waals surface area contributed by atoms with Crippen molar-refractivity contribution in [3.05, 3.63) is 27.4 Å². The molecule has 25 heavy (non-hydrogen) atoms. The van der Waals surface area contributed by atoms with Gasteiger partial charge in [0.15, 0.2) is 11.8 Å². The molecule has 132 valence electrons. The molecule has 0 aromatic rings. The fourth-order valence-electron chi connectivity index (χ4n) is 3.54. The first-order chi connectivity index (χ1) is 12.1. The van der Waals surface area contributed by atoms with Crippen molar-refractivity contribution in [3.63, 3.8) is 0 Å². The number of hydrogen-bond donors (Lipinski definition) is 0. The summed E-state index contributed by atoms with van der Waals surface area (Å²) in [6.45, 7) is 4.18. The third kappa shape index (κ3) is 3.26. The van der Waals surface area contributed by atoms with Gasteiger partial charge in [-0.25, -0.2) is 0 Å². The minimum atomic E-state index is -0.369. The second kappa shape index (κ2) is 6.93. The van der Waals surface area contributed by atoms with Gasteiger partial charge in [-0.1, -0.05) is 4.91 Å². The van der Waals surface area contributed by atoms with Crippen molar-refractivity contribution in [2.75, 3.05) is 45.5 Å². The van der Waals surface area contributed by atoms with Gasteiger partial charge in [-0.2, -0.15) is 0 Å². The number of thioether (sulfide) groups is 1. The number of ketones is 1. The van der Waals surface area contributed by atoms with Crippen LogP contribution in [0.2, 0.25) is 0 Å². The molecular formula is C17H22N5O2S+. The van der Waals surface area contributed by atoms with E-state index >= 15 is 0 Å². The van der Waals surface area contributed by atoms with Crippen molar-refractivity contribution in [3.8, 4) is 0 Å². The van der Waals surface area contributed by atoms with Gasteiger partial charge in [-0.15, -0.1) is 11.8 Å². The molecule has 1 saturated heterocycles. The molecule has 0 bridgehead atoms. The van der Waals surface area contributed by atoms with Crippen LogP contribution in [0.15, 0.2) is 32.5 Å². The van der Waals surface area contributed by atoms with Crippen LogP contribution in [0.5, 0.6) is 0 Å². The summed E-state index contributed by atoms with van der Waals surface area (Å²) in [5.74, 6) is 0.781. The largest absolute Gasteiger partial charge is 0.383 e. The Balaban J connectivity index is 1.54. The van der Waals surface area contributed by atoms with E-state index in [4.69, 9.17) is 0 Å². The smallest absolute Gasteiger partial charge is 0.304 e. The highest BCUT2D eigenvalue weighted by Crippen LogP contribution is 2.34. The zero-order valence-electron chi connectivity index (χ0n) is 14.3. The Hall–Kier alpha value is -1.64. The molecule has 4 aliphatic rings. The summed E-state index contributed by atoms with van der Waals surface area (Å²) in [5, 5.41) is 1.97. The first-order valence-electron chi connectivity index (χ1n) is 8.66. The fourth-order valence-corrected chi connectivity index (χ4v) is 4.55. The summed E-state index contributed by atoms with van der Waals surface area (Å²) in [6.07, 6.45) is 3.96. The number of fused-ring (bicyclic) bond motifs is 1. The molecule has 4 heterocycles. The van der Waals surface area contributed by atoms with Gasteiger partial charge in [0.25, 0.3) is 0 Å². The lowest BCUT2D eigenvalue weighted by atomic mass is 9.94. The van der Waals surface area contributed by atoms with Gasteiger partial charge in [0, 0.05) is 50.1 Å². The lowest BCUT2D eigenvalue weighted by Gasteiger charge is -2.32.